The summed E-state index contributed by atoms with van der Waals surface area (Å²) in [7, 11) is 3.14. The van der Waals surface area contributed by atoms with Gasteiger partial charge in [-0.15, -0.1) is 11.8 Å². The Balaban J connectivity index is 2.62. The molecule has 0 saturated carbocycles. The first-order valence-electron chi connectivity index (χ1n) is 5.40. The van der Waals surface area contributed by atoms with Crippen LogP contribution in [-0.4, -0.2) is 36.9 Å². The second-order valence-corrected chi connectivity index (χ2v) is 4.84. The summed E-state index contributed by atoms with van der Waals surface area (Å²) in [6.07, 6.45) is 0. The average Bonchev–Trinajstić information content (AvgIpc) is 2.28. The third-order valence-electron chi connectivity index (χ3n) is 2.31. The Labute approximate surface area is 106 Å². The van der Waals surface area contributed by atoms with Crippen molar-refractivity contribution in [2.24, 2.45) is 0 Å². The molecule has 0 aliphatic rings. The number of methoxy groups -OCH3 is 1. The van der Waals surface area contributed by atoms with Crippen LogP contribution in [0, 0.1) is 13.8 Å². The number of rotatable bonds is 5. The van der Waals surface area contributed by atoms with Crippen LogP contribution >= 0.6 is 11.8 Å². The predicted octanol–water partition coefficient (Wildman–Crippen LogP) is 1.55. The Kier molecular flexibility index (Phi) is 5.44. The van der Waals surface area contributed by atoms with Crippen molar-refractivity contribution in [2.75, 3.05) is 19.9 Å². The van der Waals surface area contributed by atoms with Gasteiger partial charge in [-0.1, -0.05) is 0 Å². The van der Waals surface area contributed by atoms with Crippen molar-refractivity contribution in [2.45, 2.75) is 24.9 Å². The van der Waals surface area contributed by atoms with Crippen molar-refractivity contribution < 1.29 is 9.53 Å². The highest BCUT2D eigenvalue weighted by atomic mass is 32.2. The highest BCUT2D eigenvalue weighted by molar-refractivity contribution is 7.99. The van der Waals surface area contributed by atoms with Crippen LogP contribution in [0.4, 0.5) is 0 Å². The van der Waals surface area contributed by atoms with E-state index in [1.807, 2.05) is 26.0 Å². The first kappa shape index (κ1) is 14.0. The minimum absolute atomic E-state index is 0.246. The monoisotopic (exact) mass is 254 g/mol. The number of esters is 1. The van der Waals surface area contributed by atoms with Gasteiger partial charge in [0.15, 0.2) is 0 Å². The SMILES string of the molecule is CNC(CSc1cc(C)cc(C)n1)C(=O)OC. The molecule has 0 radical (unpaired) electrons. The van der Waals surface area contributed by atoms with Crippen LogP contribution in [0.25, 0.3) is 0 Å². The number of aromatic nitrogens is 1. The minimum Gasteiger partial charge on any atom is -0.468 e. The third kappa shape index (κ3) is 4.36. The Morgan fingerprint density at radius 1 is 1.53 bits per heavy atom. The number of likely N-dealkylation sites (N-methyl/N-ethyl adjacent to an activating group) is 1. The van der Waals surface area contributed by atoms with Crippen molar-refractivity contribution in [1.82, 2.24) is 10.3 Å². The van der Waals surface area contributed by atoms with Gasteiger partial charge in [0.25, 0.3) is 0 Å². The fourth-order valence-electron chi connectivity index (χ4n) is 1.46. The summed E-state index contributed by atoms with van der Waals surface area (Å²) >= 11 is 1.55. The zero-order valence-corrected chi connectivity index (χ0v) is 11.4. The average molecular weight is 254 g/mol. The second kappa shape index (κ2) is 6.61. The van der Waals surface area contributed by atoms with E-state index in [-0.39, 0.29) is 12.0 Å². The lowest BCUT2D eigenvalue weighted by atomic mass is 10.3. The van der Waals surface area contributed by atoms with Gasteiger partial charge < -0.3 is 10.1 Å². The molecule has 5 heteroatoms. The zero-order valence-electron chi connectivity index (χ0n) is 10.6. The van der Waals surface area contributed by atoms with Gasteiger partial charge in [0.2, 0.25) is 0 Å². The summed E-state index contributed by atoms with van der Waals surface area (Å²) in [6, 6.07) is 3.74. The van der Waals surface area contributed by atoms with Crippen LogP contribution in [0.1, 0.15) is 11.3 Å². The summed E-state index contributed by atoms with van der Waals surface area (Å²) in [6.45, 7) is 4.00. The molecule has 0 fully saturated rings. The normalized spacial score (nSPS) is 12.2. The van der Waals surface area contributed by atoms with Crippen molar-refractivity contribution in [3.63, 3.8) is 0 Å². The van der Waals surface area contributed by atoms with E-state index in [0.717, 1.165) is 10.7 Å². The van der Waals surface area contributed by atoms with Crippen molar-refractivity contribution in [3.8, 4) is 0 Å². The van der Waals surface area contributed by atoms with E-state index in [1.165, 1.54) is 12.7 Å². The van der Waals surface area contributed by atoms with Gasteiger partial charge in [-0.05, 0) is 38.6 Å². The number of ether oxygens (including phenoxy) is 1. The maximum atomic E-state index is 11.4. The summed E-state index contributed by atoms with van der Waals surface area (Å²) in [5.41, 5.74) is 2.17. The molecule has 4 nitrogen and oxygen atoms in total. The smallest absolute Gasteiger partial charge is 0.323 e. The van der Waals surface area contributed by atoms with E-state index < -0.39 is 0 Å². The summed E-state index contributed by atoms with van der Waals surface area (Å²) in [5.74, 6) is 0.364. The fraction of sp³-hybridized carbons (Fsp3) is 0.500. The number of hydrogen-bond donors (Lipinski definition) is 1. The topological polar surface area (TPSA) is 51.2 Å². The second-order valence-electron chi connectivity index (χ2n) is 3.80. The Bertz CT molecular complexity index is 376. The lowest BCUT2D eigenvalue weighted by Crippen LogP contribution is -2.37. The van der Waals surface area contributed by atoms with Crippen LogP contribution < -0.4 is 5.32 Å². The van der Waals surface area contributed by atoms with Crippen LogP contribution in [0.2, 0.25) is 0 Å². The van der Waals surface area contributed by atoms with E-state index in [1.54, 1.807) is 18.8 Å². The summed E-state index contributed by atoms with van der Waals surface area (Å²) in [5, 5.41) is 3.87. The number of nitrogens with zero attached hydrogens (tertiary/aromatic N) is 1. The van der Waals surface area contributed by atoms with Crippen LogP contribution in [0.15, 0.2) is 17.2 Å². The van der Waals surface area contributed by atoms with Crippen LogP contribution in [0.5, 0.6) is 0 Å². The molecule has 0 amide bonds. The molecule has 1 rings (SSSR count). The number of pyridine rings is 1. The van der Waals surface area contributed by atoms with Crippen molar-refractivity contribution >= 4 is 17.7 Å². The molecule has 1 aromatic rings. The zero-order chi connectivity index (χ0) is 12.8. The lowest BCUT2D eigenvalue weighted by Gasteiger charge is -2.13. The largest absolute Gasteiger partial charge is 0.468 e. The number of aryl methyl sites for hydroxylation is 2. The number of thioether (sulfide) groups is 1. The molecule has 1 atom stereocenters. The minimum atomic E-state index is -0.299. The number of hydrogen-bond acceptors (Lipinski definition) is 5. The highest BCUT2D eigenvalue weighted by Crippen LogP contribution is 2.18. The third-order valence-corrected chi connectivity index (χ3v) is 3.31. The Hall–Kier alpha value is -1.07. The van der Waals surface area contributed by atoms with E-state index in [0.29, 0.717) is 5.75 Å². The van der Waals surface area contributed by atoms with Gasteiger partial charge in [0, 0.05) is 11.4 Å². The van der Waals surface area contributed by atoms with Crippen LogP contribution in [0.3, 0.4) is 0 Å². The molecule has 1 heterocycles. The highest BCUT2D eigenvalue weighted by Gasteiger charge is 2.17. The van der Waals surface area contributed by atoms with E-state index in [2.05, 4.69) is 10.3 Å². The first-order valence-corrected chi connectivity index (χ1v) is 6.38. The Morgan fingerprint density at radius 2 is 2.24 bits per heavy atom. The lowest BCUT2D eigenvalue weighted by molar-refractivity contribution is -0.142. The molecule has 0 spiro atoms. The molecule has 0 bridgehead atoms. The maximum Gasteiger partial charge on any atom is 0.323 e. The van der Waals surface area contributed by atoms with Gasteiger partial charge in [-0.25, -0.2) is 4.98 Å². The quantitative estimate of drug-likeness (QED) is 0.638. The Morgan fingerprint density at radius 3 is 2.76 bits per heavy atom. The van der Waals surface area contributed by atoms with Gasteiger partial charge in [0.1, 0.15) is 6.04 Å². The molecular formula is C12H18N2O2S. The summed E-state index contributed by atoms with van der Waals surface area (Å²) in [4.78, 5) is 15.8. The van der Waals surface area contributed by atoms with Crippen LogP contribution in [-0.2, 0) is 9.53 Å². The molecule has 0 aliphatic heterocycles. The number of carbonyl (C=O) groups is 1. The molecule has 17 heavy (non-hydrogen) atoms. The maximum absolute atomic E-state index is 11.4. The van der Waals surface area contributed by atoms with Crippen molar-refractivity contribution in [1.29, 1.82) is 0 Å². The molecule has 1 aromatic heterocycles. The number of carbonyl (C=O) groups excluding carboxylic acids is 1. The number of nitrogens with one attached hydrogen (secondary N) is 1. The molecule has 0 saturated heterocycles. The molecule has 94 valence electrons. The predicted molar refractivity (Wildman–Crippen MR) is 69.3 cm³/mol. The molecule has 0 aromatic carbocycles. The van der Waals surface area contributed by atoms with E-state index >= 15 is 0 Å². The molecular weight excluding hydrogens is 236 g/mol. The van der Waals surface area contributed by atoms with Gasteiger partial charge in [-0.3, -0.25) is 4.79 Å². The standard InChI is InChI=1S/C12H18N2O2S/c1-8-5-9(2)14-11(6-8)17-7-10(13-3)12(15)16-4/h5-6,10,13H,7H2,1-4H3. The van der Waals surface area contributed by atoms with Gasteiger partial charge >= 0.3 is 5.97 Å². The van der Waals surface area contributed by atoms with Gasteiger partial charge in [0.05, 0.1) is 12.1 Å². The van der Waals surface area contributed by atoms with Gasteiger partial charge in [-0.2, -0.15) is 0 Å². The molecule has 1 N–H and O–H groups in total. The molecule has 1 unspecified atom stereocenters. The first-order chi connectivity index (χ1) is 8.06. The molecule has 0 aliphatic carbocycles. The van der Waals surface area contributed by atoms with Crippen molar-refractivity contribution in [3.05, 3.63) is 23.4 Å². The fourth-order valence-corrected chi connectivity index (χ4v) is 2.58. The van der Waals surface area contributed by atoms with E-state index in [9.17, 15) is 4.79 Å². The summed E-state index contributed by atoms with van der Waals surface area (Å²) < 4.78 is 4.70. The van der Waals surface area contributed by atoms with E-state index in [4.69, 9.17) is 4.74 Å².